The predicted octanol–water partition coefficient (Wildman–Crippen LogP) is 7.08. The first kappa shape index (κ1) is 35.7. The Bertz CT molecular complexity index is 2170. The molecular formula is C45H45N5O4. The second-order valence-corrected chi connectivity index (χ2v) is 14.2. The normalized spacial score (nSPS) is 19.5. The van der Waals surface area contributed by atoms with Gasteiger partial charge < -0.3 is 19.9 Å². The molecule has 54 heavy (non-hydrogen) atoms. The molecule has 2 aliphatic rings. The monoisotopic (exact) mass is 719 g/mol. The largest absolute Gasteiger partial charge is 0.392 e. The van der Waals surface area contributed by atoms with E-state index in [-0.39, 0.29) is 30.4 Å². The third-order valence-corrected chi connectivity index (χ3v) is 10.3. The maximum absolute atomic E-state index is 13.0. The number of carbonyl (C=O) groups excluding carboxylic acids is 1. The number of piperazine rings is 1. The van der Waals surface area contributed by atoms with Crippen molar-refractivity contribution >= 4 is 16.9 Å². The highest BCUT2D eigenvalue weighted by atomic mass is 16.7. The van der Waals surface area contributed by atoms with E-state index in [4.69, 9.17) is 9.47 Å². The van der Waals surface area contributed by atoms with E-state index in [1.807, 2.05) is 54.6 Å². The van der Waals surface area contributed by atoms with Gasteiger partial charge in [0.05, 0.1) is 36.0 Å². The minimum absolute atomic E-state index is 0.00984. The standard InChI is InChI=1S/C45H45N5O4/c51-31-33-16-18-35(19-17-33)43-26-39(30-50-22-20-49(21-23-50)29-32-8-2-1-3-9-32)53-45(54-43)38-13-7-12-37(25-38)36-11-6-10-34(24-36)27-47-44(52)42-28-46-40-14-4-5-15-41(40)48-42/h1-19,24-25,28,39,43,45,51H,20-23,26-27,29-31H2,(H,47,52). The molecule has 6 aromatic rings. The molecule has 2 N–H and O–H groups in total. The SMILES string of the molecule is O=C(NCc1cccc(-c2cccc(C3OC(CN4CCN(Cc5ccccc5)CC4)CC(c4ccc(CO)cc4)O3)c2)c1)c1cnc2ccccc2n1. The van der Waals surface area contributed by atoms with Crippen molar-refractivity contribution in [3.05, 3.63) is 167 Å². The number of ether oxygens (including phenoxy) is 2. The third kappa shape index (κ3) is 8.73. The number of aliphatic hydroxyl groups is 1. The summed E-state index contributed by atoms with van der Waals surface area (Å²) in [5.74, 6) is -0.267. The summed E-state index contributed by atoms with van der Waals surface area (Å²) in [4.78, 5) is 26.9. The van der Waals surface area contributed by atoms with E-state index >= 15 is 0 Å². The Kier molecular flexibility index (Phi) is 11.1. The summed E-state index contributed by atoms with van der Waals surface area (Å²) in [5, 5.41) is 12.6. The van der Waals surface area contributed by atoms with Gasteiger partial charge in [0.1, 0.15) is 5.69 Å². The number of para-hydroxylation sites is 2. The van der Waals surface area contributed by atoms with Crippen LogP contribution in [-0.4, -0.2) is 69.6 Å². The van der Waals surface area contributed by atoms with Crippen LogP contribution >= 0.6 is 0 Å². The Morgan fingerprint density at radius 1 is 0.704 bits per heavy atom. The number of hydrogen-bond donors (Lipinski definition) is 2. The molecule has 0 bridgehead atoms. The van der Waals surface area contributed by atoms with Crippen molar-refractivity contribution in [1.82, 2.24) is 25.1 Å². The number of carbonyl (C=O) groups is 1. The molecule has 274 valence electrons. The Labute approximate surface area is 316 Å². The summed E-state index contributed by atoms with van der Waals surface area (Å²) in [6, 6.07) is 42.8. The zero-order valence-corrected chi connectivity index (χ0v) is 30.3. The number of nitrogens with zero attached hydrogens (tertiary/aromatic N) is 4. The van der Waals surface area contributed by atoms with E-state index < -0.39 is 6.29 Å². The molecule has 9 nitrogen and oxygen atoms in total. The van der Waals surface area contributed by atoms with Crippen molar-refractivity contribution in [1.29, 1.82) is 0 Å². The van der Waals surface area contributed by atoms with Crippen molar-refractivity contribution in [3.63, 3.8) is 0 Å². The molecule has 0 saturated carbocycles. The van der Waals surface area contributed by atoms with Gasteiger partial charge in [-0.1, -0.05) is 103 Å². The Hall–Kier alpha value is -5.29. The van der Waals surface area contributed by atoms with Crippen LogP contribution in [0.4, 0.5) is 0 Å². The summed E-state index contributed by atoms with van der Waals surface area (Å²) >= 11 is 0. The average molecular weight is 720 g/mol. The summed E-state index contributed by atoms with van der Waals surface area (Å²) < 4.78 is 13.5. The number of fused-ring (bicyclic) bond motifs is 1. The van der Waals surface area contributed by atoms with Crippen molar-refractivity contribution in [2.75, 3.05) is 32.7 Å². The van der Waals surface area contributed by atoms with Crippen LogP contribution in [0.1, 0.15) is 57.1 Å². The zero-order valence-electron chi connectivity index (χ0n) is 30.3. The minimum atomic E-state index is -0.545. The van der Waals surface area contributed by atoms with Crippen molar-refractivity contribution < 1.29 is 19.4 Å². The van der Waals surface area contributed by atoms with Crippen LogP contribution in [-0.2, 0) is 29.2 Å². The molecule has 3 heterocycles. The average Bonchev–Trinajstić information content (AvgIpc) is 3.24. The summed E-state index contributed by atoms with van der Waals surface area (Å²) in [5.41, 5.74) is 9.04. The van der Waals surface area contributed by atoms with E-state index in [1.54, 1.807) is 0 Å². The molecule has 0 radical (unpaired) electrons. The Balaban J connectivity index is 0.952. The number of hydrogen-bond acceptors (Lipinski definition) is 8. The zero-order chi connectivity index (χ0) is 36.7. The first-order valence-electron chi connectivity index (χ1n) is 18.7. The van der Waals surface area contributed by atoms with Crippen LogP contribution in [0.15, 0.2) is 134 Å². The van der Waals surface area contributed by atoms with Gasteiger partial charge in [0.2, 0.25) is 0 Å². The van der Waals surface area contributed by atoms with Crippen LogP contribution in [0, 0.1) is 0 Å². The fraction of sp³-hybridized carbons (Fsp3) is 0.267. The van der Waals surface area contributed by atoms with E-state index in [2.05, 4.69) is 97.9 Å². The van der Waals surface area contributed by atoms with Gasteiger partial charge in [0.15, 0.2) is 6.29 Å². The highest BCUT2D eigenvalue weighted by Crippen LogP contribution is 2.39. The van der Waals surface area contributed by atoms with E-state index in [0.29, 0.717) is 12.1 Å². The van der Waals surface area contributed by atoms with Gasteiger partial charge in [-0.15, -0.1) is 0 Å². The van der Waals surface area contributed by atoms with Crippen LogP contribution in [0.3, 0.4) is 0 Å². The molecule has 0 spiro atoms. The second-order valence-electron chi connectivity index (χ2n) is 14.2. The topological polar surface area (TPSA) is 100 Å². The van der Waals surface area contributed by atoms with Crippen LogP contribution in [0.25, 0.3) is 22.2 Å². The van der Waals surface area contributed by atoms with Crippen LogP contribution in [0.2, 0.25) is 0 Å². The molecule has 1 amide bonds. The molecule has 9 heteroatoms. The third-order valence-electron chi connectivity index (χ3n) is 10.3. The quantitative estimate of drug-likeness (QED) is 0.147. The van der Waals surface area contributed by atoms with Gasteiger partial charge in [-0.3, -0.25) is 19.6 Å². The fourth-order valence-electron chi connectivity index (χ4n) is 7.36. The number of benzene rings is 5. The van der Waals surface area contributed by atoms with Crippen molar-refractivity contribution in [2.45, 2.75) is 44.6 Å². The van der Waals surface area contributed by atoms with Crippen molar-refractivity contribution in [2.24, 2.45) is 0 Å². The molecule has 2 fully saturated rings. The smallest absolute Gasteiger partial charge is 0.271 e. The maximum atomic E-state index is 13.0. The number of rotatable bonds is 11. The van der Waals surface area contributed by atoms with Gasteiger partial charge in [-0.2, -0.15) is 0 Å². The Morgan fingerprint density at radius 3 is 2.20 bits per heavy atom. The molecule has 2 saturated heterocycles. The Morgan fingerprint density at radius 2 is 1.41 bits per heavy atom. The number of amides is 1. The van der Waals surface area contributed by atoms with Gasteiger partial charge in [-0.05, 0) is 57.6 Å². The molecule has 2 aliphatic heterocycles. The number of aliphatic hydroxyl groups excluding tert-OH is 1. The number of aromatic nitrogens is 2. The molecule has 1 aromatic heterocycles. The van der Waals surface area contributed by atoms with Gasteiger partial charge in [-0.25, -0.2) is 4.98 Å². The lowest BCUT2D eigenvalue weighted by atomic mass is 9.98. The lowest BCUT2D eigenvalue weighted by Gasteiger charge is -2.41. The van der Waals surface area contributed by atoms with E-state index in [1.165, 1.54) is 11.8 Å². The van der Waals surface area contributed by atoms with Crippen molar-refractivity contribution in [3.8, 4) is 11.1 Å². The number of nitrogens with one attached hydrogen (secondary N) is 1. The molecule has 8 rings (SSSR count). The van der Waals surface area contributed by atoms with Crippen LogP contribution in [0.5, 0.6) is 0 Å². The summed E-state index contributed by atoms with van der Waals surface area (Å²) in [6.07, 6.45) is 1.55. The maximum Gasteiger partial charge on any atom is 0.271 e. The lowest BCUT2D eigenvalue weighted by molar-refractivity contribution is -0.253. The minimum Gasteiger partial charge on any atom is -0.392 e. The van der Waals surface area contributed by atoms with Gasteiger partial charge in [0, 0.05) is 57.8 Å². The first-order valence-corrected chi connectivity index (χ1v) is 18.7. The molecule has 3 atom stereocenters. The fourth-order valence-corrected chi connectivity index (χ4v) is 7.36. The van der Waals surface area contributed by atoms with Gasteiger partial charge in [0.25, 0.3) is 5.91 Å². The lowest BCUT2D eigenvalue weighted by Crippen LogP contribution is -2.49. The predicted molar refractivity (Wildman–Crippen MR) is 209 cm³/mol. The molecule has 3 unspecified atom stereocenters. The van der Waals surface area contributed by atoms with Crippen LogP contribution < -0.4 is 5.32 Å². The molecular weight excluding hydrogens is 675 g/mol. The molecule has 5 aromatic carbocycles. The first-order chi connectivity index (χ1) is 26.6. The summed E-state index contributed by atoms with van der Waals surface area (Å²) in [7, 11) is 0. The van der Waals surface area contributed by atoms with E-state index in [0.717, 1.165) is 84.6 Å². The second kappa shape index (κ2) is 16.8. The molecule has 0 aliphatic carbocycles. The highest BCUT2D eigenvalue weighted by molar-refractivity contribution is 5.93. The summed E-state index contributed by atoms with van der Waals surface area (Å²) in [6.45, 7) is 6.22. The van der Waals surface area contributed by atoms with E-state index in [9.17, 15) is 9.90 Å². The highest BCUT2D eigenvalue weighted by Gasteiger charge is 2.34. The van der Waals surface area contributed by atoms with Gasteiger partial charge >= 0.3 is 0 Å².